The Morgan fingerprint density at radius 3 is 1.98 bits per heavy atom. The molecule has 0 saturated heterocycles. The van der Waals surface area contributed by atoms with E-state index in [1.54, 1.807) is 31.6 Å². The highest BCUT2D eigenvalue weighted by atomic mass is 32.1. The average Bonchev–Trinajstić information content (AvgIpc) is 3.54. The summed E-state index contributed by atoms with van der Waals surface area (Å²) in [6, 6.07) is 26.1. The number of ketones is 2. The van der Waals surface area contributed by atoms with E-state index >= 15 is 0 Å². The van der Waals surface area contributed by atoms with E-state index in [0.29, 0.717) is 28.2 Å². The van der Waals surface area contributed by atoms with E-state index in [-0.39, 0.29) is 22.6 Å². The van der Waals surface area contributed by atoms with Crippen molar-refractivity contribution in [1.29, 1.82) is 0 Å². The summed E-state index contributed by atoms with van der Waals surface area (Å²) in [6.07, 6.45) is 1.63. The molecule has 41 heavy (non-hydrogen) atoms. The quantitative estimate of drug-likeness (QED) is 0.164. The number of anilines is 3. The van der Waals surface area contributed by atoms with Crippen LogP contribution in [0.2, 0.25) is 0 Å². The summed E-state index contributed by atoms with van der Waals surface area (Å²) in [5.41, 5.74) is 6.73. The minimum atomic E-state index is -0.274. The van der Waals surface area contributed by atoms with E-state index in [0.717, 1.165) is 27.1 Å². The number of para-hydroxylation sites is 2. The maximum absolute atomic E-state index is 13.4. The van der Waals surface area contributed by atoms with Gasteiger partial charge in [-0.1, -0.05) is 50.2 Å². The number of benzene rings is 4. The second-order valence-corrected chi connectivity index (χ2v) is 11.8. The zero-order chi connectivity index (χ0) is 28.5. The Balaban J connectivity index is 1.39. The Bertz CT molecular complexity index is 1850. The van der Waals surface area contributed by atoms with E-state index in [1.165, 1.54) is 11.1 Å². The van der Waals surface area contributed by atoms with Gasteiger partial charge in [-0.25, -0.2) is 0 Å². The van der Waals surface area contributed by atoms with Gasteiger partial charge < -0.3 is 14.4 Å². The second-order valence-electron chi connectivity index (χ2n) is 10.8. The van der Waals surface area contributed by atoms with E-state index < -0.39 is 0 Å². The molecular weight excluding hydrogens is 530 g/mol. The number of Topliss-reactive ketones (excluding diaryl/α,β-unsaturated/α-hetero) is 2. The molecule has 202 valence electrons. The molecule has 5 nitrogen and oxygen atoms in total. The SMILES string of the molecule is COc1cc(N2c3ccccc3C(C)(C)c3ccccc32)c(OC)cc1/C=C1/C(=O)c2cc3ccsc3cc2C1=O. The van der Waals surface area contributed by atoms with E-state index in [4.69, 9.17) is 9.47 Å². The maximum atomic E-state index is 13.4. The van der Waals surface area contributed by atoms with Gasteiger partial charge in [0.25, 0.3) is 0 Å². The van der Waals surface area contributed by atoms with E-state index in [2.05, 4.69) is 55.1 Å². The third kappa shape index (κ3) is 3.67. The van der Waals surface area contributed by atoms with Crippen LogP contribution < -0.4 is 14.4 Å². The molecular formula is C35H27NO4S. The molecule has 0 amide bonds. The number of thiophene rings is 1. The normalized spacial score (nSPS) is 16.1. The van der Waals surface area contributed by atoms with Crippen LogP contribution in [0, 0.1) is 0 Å². The van der Waals surface area contributed by atoms with Crippen LogP contribution in [0.1, 0.15) is 51.3 Å². The standard InChI is InChI=1S/C35H27NO4S/c1-35(2)25-9-5-7-11-27(25)36(28-12-8-6-10-26(28)35)29-19-30(39-3)21(17-31(29)40-4)16-24-33(37)22-15-20-13-14-41-32(20)18-23(22)34(24)38/h5-19H,1-4H3/b24-16-. The summed E-state index contributed by atoms with van der Waals surface area (Å²) >= 11 is 1.55. The third-order valence-electron chi connectivity index (χ3n) is 8.28. The molecule has 7 rings (SSSR count). The van der Waals surface area contributed by atoms with Crippen molar-refractivity contribution in [2.24, 2.45) is 0 Å². The Kier molecular flexibility index (Phi) is 5.66. The maximum Gasteiger partial charge on any atom is 0.197 e. The first kappa shape index (κ1) is 25.3. The molecule has 1 aromatic heterocycles. The van der Waals surface area contributed by atoms with Crippen molar-refractivity contribution < 1.29 is 19.1 Å². The average molecular weight is 558 g/mol. The molecule has 2 heterocycles. The van der Waals surface area contributed by atoms with Crippen LogP contribution in [0.15, 0.2) is 89.8 Å². The van der Waals surface area contributed by atoms with E-state index in [9.17, 15) is 9.59 Å². The van der Waals surface area contributed by atoms with Gasteiger partial charge in [-0.3, -0.25) is 9.59 Å². The molecule has 6 heteroatoms. The Morgan fingerprint density at radius 2 is 1.34 bits per heavy atom. The highest BCUT2D eigenvalue weighted by molar-refractivity contribution is 7.17. The first-order valence-electron chi connectivity index (χ1n) is 13.4. The first-order valence-corrected chi connectivity index (χ1v) is 14.3. The van der Waals surface area contributed by atoms with Gasteiger partial charge in [0.2, 0.25) is 0 Å². The number of hydrogen-bond acceptors (Lipinski definition) is 6. The van der Waals surface area contributed by atoms with Gasteiger partial charge in [0.1, 0.15) is 11.5 Å². The van der Waals surface area contributed by atoms with Crippen LogP contribution in [0.5, 0.6) is 11.5 Å². The van der Waals surface area contributed by atoms with Gasteiger partial charge in [-0.15, -0.1) is 11.3 Å². The van der Waals surface area contributed by atoms with Crippen LogP contribution in [-0.2, 0) is 5.41 Å². The van der Waals surface area contributed by atoms with Gasteiger partial charge in [0.15, 0.2) is 11.6 Å². The van der Waals surface area contributed by atoms with Crippen molar-refractivity contribution in [2.45, 2.75) is 19.3 Å². The van der Waals surface area contributed by atoms with Crippen LogP contribution >= 0.6 is 11.3 Å². The van der Waals surface area contributed by atoms with Gasteiger partial charge in [-0.05, 0) is 64.4 Å². The fraction of sp³-hybridized carbons (Fsp3) is 0.143. The predicted molar refractivity (Wildman–Crippen MR) is 165 cm³/mol. The van der Waals surface area contributed by atoms with E-state index in [1.807, 2.05) is 47.8 Å². The molecule has 0 saturated carbocycles. The largest absolute Gasteiger partial charge is 0.496 e. The van der Waals surface area contributed by atoms with Crippen molar-refractivity contribution in [3.8, 4) is 11.5 Å². The molecule has 0 N–H and O–H groups in total. The van der Waals surface area contributed by atoms with Gasteiger partial charge in [0, 0.05) is 32.9 Å². The summed E-state index contributed by atoms with van der Waals surface area (Å²) in [6.45, 7) is 4.48. The number of methoxy groups -OCH3 is 2. The number of rotatable bonds is 4. The predicted octanol–water partition coefficient (Wildman–Crippen LogP) is 8.49. The molecule has 0 unspecified atom stereocenters. The lowest BCUT2D eigenvalue weighted by atomic mass is 9.73. The molecule has 1 aliphatic carbocycles. The number of allylic oxidation sites excluding steroid dienone is 1. The van der Waals surface area contributed by atoms with Crippen molar-refractivity contribution in [3.05, 3.63) is 118 Å². The molecule has 0 fully saturated rings. The summed E-state index contributed by atoms with van der Waals surface area (Å²) in [5.74, 6) is 0.583. The third-order valence-corrected chi connectivity index (χ3v) is 9.16. The summed E-state index contributed by atoms with van der Waals surface area (Å²) in [5, 5.41) is 2.93. The lowest BCUT2D eigenvalue weighted by molar-refractivity contribution is 0.0990. The summed E-state index contributed by atoms with van der Waals surface area (Å²) < 4.78 is 12.8. The topological polar surface area (TPSA) is 55.8 Å². The number of carbonyl (C=O) groups excluding carboxylic acids is 2. The van der Waals surface area contributed by atoms with Gasteiger partial charge >= 0.3 is 0 Å². The fourth-order valence-electron chi connectivity index (χ4n) is 6.19. The number of carbonyl (C=O) groups is 2. The molecule has 0 radical (unpaired) electrons. The molecule has 2 aliphatic rings. The second kappa shape index (κ2) is 9.18. The molecule has 4 aromatic carbocycles. The minimum Gasteiger partial charge on any atom is -0.496 e. The molecule has 0 spiro atoms. The zero-order valence-electron chi connectivity index (χ0n) is 23.1. The molecule has 0 atom stereocenters. The van der Waals surface area contributed by atoms with Gasteiger partial charge in [0.05, 0.1) is 36.9 Å². The Hall–Kier alpha value is -4.68. The smallest absolute Gasteiger partial charge is 0.197 e. The Labute approximate surface area is 242 Å². The minimum absolute atomic E-state index is 0.126. The summed E-state index contributed by atoms with van der Waals surface area (Å²) in [7, 11) is 3.22. The molecule has 1 aliphatic heterocycles. The Morgan fingerprint density at radius 1 is 0.732 bits per heavy atom. The van der Waals surface area contributed by atoms with Crippen LogP contribution in [0.3, 0.4) is 0 Å². The van der Waals surface area contributed by atoms with Crippen molar-refractivity contribution in [1.82, 2.24) is 0 Å². The van der Waals surface area contributed by atoms with Crippen molar-refractivity contribution in [3.63, 3.8) is 0 Å². The molecule has 0 bridgehead atoms. The summed E-state index contributed by atoms with van der Waals surface area (Å²) in [4.78, 5) is 29.0. The highest BCUT2D eigenvalue weighted by Gasteiger charge is 2.38. The number of hydrogen-bond donors (Lipinski definition) is 0. The van der Waals surface area contributed by atoms with Gasteiger partial charge in [-0.2, -0.15) is 0 Å². The van der Waals surface area contributed by atoms with Crippen LogP contribution in [0.25, 0.3) is 16.2 Å². The highest BCUT2D eigenvalue weighted by Crippen LogP contribution is 2.54. The lowest BCUT2D eigenvalue weighted by Crippen LogP contribution is -2.30. The number of ether oxygens (including phenoxy) is 2. The van der Waals surface area contributed by atoms with Crippen LogP contribution in [0.4, 0.5) is 17.1 Å². The first-order chi connectivity index (χ1) is 19.8. The molecule has 5 aromatic rings. The van der Waals surface area contributed by atoms with Crippen LogP contribution in [-0.4, -0.2) is 25.8 Å². The fourth-order valence-corrected chi connectivity index (χ4v) is 7.00. The van der Waals surface area contributed by atoms with Crippen molar-refractivity contribution in [2.75, 3.05) is 19.1 Å². The zero-order valence-corrected chi connectivity index (χ0v) is 24.0. The monoisotopic (exact) mass is 557 g/mol. The van der Waals surface area contributed by atoms with Crippen molar-refractivity contribution >= 4 is 56.1 Å². The lowest BCUT2D eigenvalue weighted by Gasteiger charge is -2.42. The number of fused-ring (bicyclic) bond motifs is 4. The number of nitrogens with zero attached hydrogens (tertiary/aromatic N) is 1.